The van der Waals surface area contributed by atoms with E-state index < -0.39 is 4.92 Å². The standard InChI is InChI=1S/C20H17N5O6/c26-25(27)18-19(21-9-12-1-3-15-16(7-12)31-11-30-15)22-10-23-20(18)24-13-2-4-14-17(8-13)29-6-5-28-14/h1-4,7-8,10H,5-6,9,11H2,(H2,21,22,23,24). The van der Waals surface area contributed by atoms with E-state index in [4.69, 9.17) is 18.9 Å². The zero-order chi connectivity index (χ0) is 21.2. The fraction of sp³-hybridized carbons (Fsp3) is 0.200. The second kappa shape index (κ2) is 7.86. The maximum absolute atomic E-state index is 11.8. The molecule has 11 nitrogen and oxygen atoms in total. The first-order valence-electron chi connectivity index (χ1n) is 9.46. The number of benzene rings is 2. The van der Waals surface area contributed by atoms with Crippen LogP contribution in [0.2, 0.25) is 0 Å². The number of nitrogens with one attached hydrogen (secondary N) is 2. The Bertz CT molecular complexity index is 1150. The molecule has 0 radical (unpaired) electrons. The molecule has 0 bridgehead atoms. The van der Waals surface area contributed by atoms with E-state index in [2.05, 4.69) is 20.6 Å². The lowest BCUT2D eigenvalue weighted by Gasteiger charge is -2.19. The molecule has 0 atom stereocenters. The van der Waals surface area contributed by atoms with Crippen LogP contribution in [0.4, 0.5) is 23.0 Å². The number of hydrogen-bond donors (Lipinski definition) is 2. The van der Waals surface area contributed by atoms with Gasteiger partial charge in [-0.3, -0.25) is 10.1 Å². The fourth-order valence-electron chi connectivity index (χ4n) is 3.27. The number of fused-ring (bicyclic) bond motifs is 2. The third kappa shape index (κ3) is 3.80. The van der Waals surface area contributed by atoms with Crippen LogP contribution in [0, 0.1) is 10.1 Å². The van der Waals surface area contributed by atoms with Gasteiger partial charge in [-0.1, -0.05) is 6.07 Å². The summed E-state index contributed by atoms with van der Waals surface area (Å²) in [5.74, 6) is 2.65. The molecule has 2 N–H and O–H groups in total. The van der Waals surface area contributed by atoms with E-state index in [-0.39, 0.29) is 24.1 Å². The Labute approximate surface area is 176 Å². The zero-order valence-corrected chi connectivity index (χ0v) is 16.2. The Morgan fingerprint density at radius 1 is 0.903 bits per heavy atom. The lowest BCUT2D eigenvalue weighted by atomic mass is 10.2. The Morgan fingerprint density at radius 3 is 2.48 bits per heavy atom. The van der Waals surface area contributed by atoms with Crippen LogP contribution in [0.15, 0.2) is 42.7 Å². The Balaban J connectivity index is 1.38. The van der Waals surface area contributed by atoms with E-state index in [1.54, 1.807) is 24.3 Å². The van der Waals surface area contributed by atoms with Gasteiger partial charge in [0.2, 0.25) is 18.4 Å². The van der Waals surface area contributed by atoms with E-state index in [9.17, 15) is 10.1 Å². The van der Waals surface area contributed by atoms with Crippen LogP contribution in [0.3, 0.4) is 0 Å². The normalized spacial score (nSPS) is 13.5. The molecule has 2 aliphatic rings. The number of anilines is 3. The van der Waals surface area contributed by atoms with Crippen molar-refractivity contribution in [3.8, 4) is 23.0 Å². The maximum Gasteiger partial charge on any atom is 0.353 e. The van der Waals surface area contributed by atoms with Crippen molar-refractivity contribution < 1.29 is 23.9 Å². The Kier molecular flexibility index (Phi) is 4.75. The lowest BCUT2D eigenvalue weighted by molar-refractivity contribution is -0.383. The maximum atomic E-state index is 11.8. The van der Waals surface area contributed by atoms with Gasteiger partial charge in [0.15, 0.2) is 23.0 Å². The number of ether oxygens (including phenoxy) is 4. The molecule has 0 saturated carbocycles. The van der Waals surface area contributed by atoms with Crippen molar-refractivity contribution >= 4 is 23.0 Å². The van der Waals surface area contributed by atoms with E-state index >= 15 is 0 Å². The predicted molar refractivity (Wildman–Crippen MR) is 109 cm³/mol. The van der Waals surface area contributed by atoms with Crippen LogP contribution >= 0.6 is 0 Å². The van der Waals surface area contributed by atoms with E-state index in [0.29, 0.717) is 48.4 Å². The van der Waals surface area contributed by atoms with Crippen LogP contribution in [0.1, 0.15) is 5.56 Å². The minimum absolute atomic E-state index is 0.0601. The van der Waals surface area contributed by atoms with Crippen molar-refractivity contribution in [3.63, 3.8) is 0 Å². The quantitative estimate of drug-likeness (QED) is 0.450. The van der Waals surface area contributed by atoms with Crippen molar-refractivity contribution in [2.24, 2.45) is 0 Å². The molecule has 0 aliphatic carbocycles. The Morgan fingerprint density at radius 2 is 1.61 bits per heavy atom. The highest BCUT2D eigenvalue weighted by Crippen LogP contribution is 2.37. The molecule has 1 aromatic heterocycles. The van der Waals surface area contributed by atoms with Crippen LogP contribution in [0.25, 0.3) is 0 Å². The first-order valence-corrected chi connectivity index (χ1v) is 9.46. The van der Waals surface area contributed by atoms with Gasteiger partial charge in [0.05, 0.1) is 4.92 Å². The summed E-state index contributed by atoms with van der Waals surface area (Å²) >= 11 is 0. The van der Waals surface area contributed by atoms with Crippen LogP contribution < -0.4 is 29.6 Å². The van der Waals surface area contributed by atoms with Gasteiger partial charge in [0, 0.05) is 18.3 Å². The monoisotopic (exact) mass is 423 g/mol. The summed E-state index contributed by atoms with van der Waals surface area (Å²) in [4.78, 5) is 19.4. The molecule has 31 heavy (non-hydrogen) atoms. The molecular formula is C20H17N5O6. The molecule has 2 aromatic carbocycles. The summed E-state index contributed by atoms with van der Waals surface area (Å²) in [7, 11) is 0. The second-order valence-electron chi connectivity index (χ2n) is 6.70. The molecule has 0 spiro atoms. The molecule has 5 rings (SSSR count). The number of nitrogens with zero attached hydrogens (tertiary/aromatic N) is 3. The van der Waals surface area contributed by atoms with E-state index in [1.807, 2.05) is 12.1 Å². The van der Waals surface area contributed by atoms with Gasteiger partial charge < -0.3 is 29.6 Å². The largest absolute Gasteiger partial charge is 0.486 e. The summed E-state index contributed by atoms with van der Waals surface area (Å²) in [5, 5.41) is 17.8. The van der Waals surface area contributed by atoms with E-state index in [0.717, 1.165) is 5.56 Å². The molecule has 158 valence electrons. The van der Waals surface area contributed by atoms with Gasteiger partial charge in [-0.15, -0.1) is 0 Å². The average molecular weight is 423 g/mol. The summed E-state index contributed by atoms with van der Waals surface area (Å²) in [6.45, 7) is 1.41. The second-order valence-corrected chi connectivity index (χ2v) is 6.70. The highest BCUT2D eigenvalue weighted by atomic mass is 16.7. The smallest absolute Gasteiger partial charge is 0.353 e. The third-order valence-corrected chi connectivity index (χ3v) is 4.71. The summed E-state index contributed by atoms with van der Waals surface area (Å²) in [6, 6.07) is 10.6. The van der Waals surface area contributed by atoms with Crippen LogP contribution in [-0.2, 0) is 6.54 Å². The number of rotatable bonds is 6. The van der Waals surface area contributed by atoms with Crippen molar-refractivity contribution in [1.82, 2.24) is 9.97 Å². The molecule has 3 heterocycles. The SMILES string of the molecule is O=[N+]([O-])c1c(NCc2ccc3c(c2)OCO3)ncnc1Nc1ccc2c(c1)OCCO2. The number of aromatic nitrogens is 2. The topological polar surface area (TPSA) is 130 Å². The van der Waals surface area contributed by atoms with Gasteiger partial charge in [0.25, 0.3) is 0 Å². The fourth-order valence-corrected chi connectivity index (χ4v) is 3.27. The molecule has 0 saturated heterocycles. The summed E-state index contributed by atoms with van der Waals surface area (Å²) in [5.41, 5.74) is 1.17. The van der Waals surface area contributed by atoms with Gasteiger partial charge in [0.1, 0.15) is 19.5 Å². The minimum Gasteiger partial charge on any atom is -0.486 e. The average Bonchev–Trinajstić information content (AvgIpc) is 3.25. The first-order chi connectivity index (χ1) is 15.2. The van der Waals surface area contributed by atoms with Crippen molar-refractivity contribution in [1.29, 1.82) is 0 Å². The van der Waals surface area contributed by atoms with Gasteiger partial charge in [-0.2, -0.15) is 0 Å². The van der Waals surface area contributed by atoms with Crippen molar-refractivity contribution in [3.05, 3.63) is 58.4 Å². The van der Waals surface area contributed by atoms with Gasteiger partial charge >= 0.3 is 5.69 Å². The van der Waals surface area contributed by atoms with E-state index in [1.165, 1.54) is 6.33 Å². The number of hydrogen-bond acceptors (Lipinski definition) is 10. The molecule has 0 unspecified atom stereocenters. The van der Waals surface area contributed by atoms with Crippen LogP contribution in [0.5, 0.6) is 23.0 Å². The van der Waals surface area contributed by atoms with Crippen molar-refractivity contribution in [2.45, 2.75) is 6.54 Å². The minimum atomic E-state index is -0.525. The zero-order valence-electron chi connectivity index (χ0n) is 16.2. The number of nitro groups is 1. The molecule has 0 fully saturated rings. The predicted octanol–water partition coefficient (Wildman–Crippen LogP) is 3.24. The summed E-state index contributed by atoms with van der Waals surface area (Å²) in [6.07, 6.45) is 1.26. The molecule has 3 aromatic rings. The highest BCUT2D eigenvalue weighted by Gasteiger charge is 2.24. The highest BCUT2D eigenvalue weighted by molar-refractivity contribution is 5.74. The van der Waals surface area contributed by atoms with Gasteiger partial charge in [-0.05, 0) is 29.8 Å². The summed E-state index contributed by atoms with van der Waals surface area (Å²) < 4.78 is 21.7. The Hall–Kier alpha value is -4.28. The lowest BCUT2D eigenvalue weighted by Crippen LogP contribution is -2.15. The van der Waals surface area contributed by atoms with Crippen molar-refractivity contribution in [2.75, 3.05) is 30.6 Å². The van der Waals surface area contributed by atoms with Gasteiger partial charge in [-0.25, -0.2) is 9.97 Å². The molecular weight excluding hydrogens is 406 g/mol. The third-order valence-electron chi connectivity index (χ3n) is 4.71. The molecule has 0 amide bonds. The molecule has 2 aliphatic heterocycles. The first kappa shape index (κ1) is 18.7. The van der Waals surface area contributed by atoms with Crippen LogP contribution in [-0.4, -0.2) is 34.9 Å². The molecule has 11 heteroatoms.